The number of phenolic OH excluding ortho intramolecular Hbond substituents is 2. The van der Waals surface area contributed by atoms with Crippen molar-refractivity contribution in [2.45, 2.75) is 31.7 Å². The highest BCUT2D eigenvalue weighted by molar-refractivity contribution is 5.89. The van der Waals surface area contributed by atoms with E-state index in [-0.39, 0.29) is 18.1 Å². The number of benzene rings is 2. The van der Waals surface area contributed by atoms with Gasteiger partial charge in [0.05, 0.1) is 6.54 Å². The molecule has 1 aliphatic rings. The second-order valence-corrected chi connectivity index (χ2v) is 6.64. The third-order valence-corrected chi connectivity index (χ3v) is 4.55. The zero-order valence-electron chi connectivity index (χ0n) is 15.3. The van der Waals surface area contributed by atoms with Gasteiger partial charge in [-0.25, -0.2) is 0 Å². The van der Waals surface area contributed by atoms with Crippen molar-refractivity contribution in [2.24, 2.45) is 4.99 Å². The molecule has 1 unspecified atom stereocenters. The molecule has 3 rings (SSSR count). The van der Waals surface area contributed by atoms with Gasteiger partial charge in [-0.05, 0) is 41.8 Å². The number of hydrogen-bond acceptors (Lipinski definition) is 6. The summed E-state index contributed by atoms with van der Waals surface area (Å²) < 4.78 is 5.53. The van der Waals surface area contributed by atoms with Crippen molar-refractivity contribution < 1.29 is 19.7 Å². The summed E-state index contributed by atoms with van der Waals surface area (Å²) in [5.74, 6) is -0.113. The summed E-state index contributed by atoms with van der Waals surface area (Å²) in [4.78, 5) is 17.2. The maximum Gasteiger partial charge on any atom is 0.318 e. The summed E-state index contributed by atoms with van der Waals surface area (Å²) in [5, 5.41) is 22.3. The van der Waals surface area contributed by atoms with Gasteiger partial charge in [0, 0.05) is 6.04 Å². The number of amidine groups is 1. The maximum absolute atomic E-state index is 12.8. The third-order valence-electron chi connectivity index (χ3n) is 4.55. The Morgan fingerprint density at radius 2 is 1.67 bits per heavy atom. The average molecular weight is 368 g/mol. The van der Waals surface area contributed by atoms with Crippen molar-refractivity contribution in [3.05, 3.63) is 59.7 Å². The van der Waals surface area contributed by atoms with Crippen LogP contribution in [0.4, 0.5) is 0 Å². The fourth-order valence-corrected chi connectivity index (χ4v) is 3.17. The molecule has 0 saturated carbocycles. The molecule has 1 atom stereocenters. The highest BCUT2D eigenvalue weighted by Crippen LogP contribution is 2.28. The van der Waals surface area contributed by atoms with E-state index < -0.39 is 11.9 Å². The van der Waals surface area contributed by atoms with E-state index in [1.807, 2.05) is 0 Å². The average Bonchev–Trinajstić information content (AvgIpc) is 3.11. The van der Waals surface area contributed by atoms with Gasteiger partial charge in [0.2, 0.25) is 0 Å². The standard InChI is InChI=1S/C21H24N2O4/c1-2-3-16-12-22-19(23-16)13-27-21(26)20(14-4-8-17(24)9-5-14)15-6-10-18(25)11-7-15/h4-11,16,20,24-25H,2-3,12-13H2,1H3,(H,22,23). The van der Waals surface area contributed by atoms with Gasteiger partial charge in [-0.2, -0.15) is 0 Å². The van der Waals surface area contributed by atoms with Crippen molar-refractivity contribution in [1.29, 1.82) is 0 Å². The minimum atomic E-state index is -0.653. The Kier molecular flexibility index (Phi) is 5.96. The van der Waals surface area contributed by atoms with Crippen LogP contribution in [0, 0.1) is 0 Å². The Morgan fingerprint density at radius 3 is 2.19 bits per heavy atom. The van der Waals surface area contributed by atoms with E-state index in [1.54, 1.807) is 24.3 Å². The number of carbonyl (C=O) groups excluding carboxylic acids is 1. The largest absolute Gasteiger partial charge is 0.508 e. The molecule has 0 radical (unpaired) electrons. The normalized spacial score (nSPS) is 16.1. The molecule has 27 heavy (non-hydrogen) atoms. The maximum atomic E-state index is 12.8. The van der Waals surface area contributed by atoms with Gasteiger partial charge in [0.15, 0.2) is 0 Å². The van der Waals surface area contributed by atoms with Gasteiger partial charge < -0.3 is 20.3 Å². The fourth-order valence-electron chi connectivity index (χ4n) is 3.17. The van der Waals surface area contributed by atoms with E-state index in [1.165, 1.54) is 24.3 Å². The first-order chi connectivity index (χ1) is 13.1. The molecule has 0 saturated heterocycles. The van der Waals surface area contributed by atoms with Crippen molar-refractivity contribution in [3.8, 4) is 11.5 Å². The number of hydrogen-bond donors (Lipinski definition) is 3. The number of phenols is 2. The molecule has 142 valence electrons. The molecule has 3 N–H and O–H groups in total. The van der Waals surface area contributed by atoms with E-state index in [2.05, 4.69) is 17.2 Å². The predicted molar refractivity (Wildman–Crippen MR) is 103 cm³/mol. The minimum absolute atomic E-state index is 0.103. The number of carbonyl (C=O) groups is 1. The second kappa shape index (κ2) is 8.58. The Bertz CT molecular complexity index is 754. The molecule has 1 heterocycles. The van der Waals surface area contributed by atoms with Gasteiger partial charge in [-0.3, -0.25) is 9.79 Å². The third kappa shape index (κ3) is 4.78. The Hall–Kier alpha value is -3.02. The predicted octanol–water partition coefficient (Wildman–Crippen LogP) is 2.94. The summed E-state index contributed by atoms with van der Waals surface area (Å²) in [6, 6.07) is 13.2. The Balaban J connectivity index is 1.73. The van der Waals surface area contributed by atoms with Gasteiger partial charge in [0.1, 0.15) is 29.9 Å². The molecule has 0 bridgehead atoms. The molecule has 0 aliphatic carbocycles. The highest BCUT2D eigenvalue weighted by Gasteiger charge is 2.26. The summed E-state index contributed by atoms with van der Waals surface area (Å²) in [7, 11) is 0. The molecule has 0 spiro atoms. The van der Waals surface area contributed by atoms with E-state index in [0.29, 0.717) is 29.5 Å². The molecule has 2 aromatic carbocycles. The van der Waals surface area contributed by atoms with Crippen molar-refractivity contribution >= 4 is 11.8 Å². The van der Waals surface area contributed by atoms with Crippen LogP contribution in [0.1, 0.15) is 36.8 Å². The monoisotopic (exact) mass is 368 g/mol. The van der Waals surface area contributed by atoms with Crippen LogP contribution in [0.2, 0.25) is 0 Å². The molecule has 6 heteroatoms. The zero-order chi connectivity index (χ0) is 19.2. The number of aliphatic imine (C=N–C) groups is 1. The summed E-state index contributed by atoms with van der Waals surface area (Å²) in [6.45, 7) is 2.94. The van der Waals surface area contributed by atoms with Gasteiger partial charge in [-0.1, -0.05) is 37.6 Å². The lowest BCUT2D eigenvalue weighted by molar-refractivity contribution is -0.142. The molecule has 0 aromatic heterocycles. The van der Waals surface area contributed by atoms with E-state index in [0.717, 1.165) is 12.8 Å². The van der Waals surface area contributed by atoms with Crippen LogP contribution in [-0.4, -0.2) is 41.2 Å². The van der Waals surface area contributed by atoms with Gasteiger partial charge >= 0.3 is 5.97 Å². The fraction of sp³-hybridized carbons (Fsp3) is 0.333. The summed E-state index contributed by atoms with van der Waals surface area (Å²) in [6.07, 6.45) is 2.11. The SMILES string of the molecule is CCCC1CN=C(COC(=O)C(c2ccc(O)cc2)c2ccc(O)cc2)N1. The zero-order valence-corrected chi connectivity index (χ0v) is 15.3. The molecule has 0 amide bonds. The van der Waals surface area contributed by atoms with Crippen LogP contribution >= 0.6 is 0 Å². The first kappa shape index (κ1) is 18.8. The van der Waals surface area contributed by atoms with Crippen LogP contribution in [0.25, 0.3) is 0 Å². The topological polar surface area (TPSA) is 91.2 Å². The number of nitrogens with one attached hydrogen (secondary N) is 1. The van der Waals surface area contributed by atoms with E-state index in [9.17, 15) is 15.0 Å². The lowest BCUT2D eigenvalue weighted by atomic mass is 9.91. The molecular weight excluding hydrogens is 344 g/mol. The summed E-state index contributed by atoms with van der Waals surface area (Å²) in [5.41, 5.74) is 1.40. The quantitative estimate of drug-likeness (QED) is 0.654. The van der Waals surface area contributed by atoms with Crippen LogP contribution < -0.4 is 5.32 Å². The number of rotatable bonds is 7. The van der Waals surface area contributed by atoms with Crippen molar-refractivity contribution in [1.82, 2.24) is 5.32 Å². The minimum Gasteiger partial charge on any atom is -0.508 e. The Morgan fingerprint density at radius 1 is 1.11 bits per heavy atom. The van der Waals surface area contributed by atoms with Crippen LogP contribution in [0.15, 0.2) is 53.5 Å². The first-order valence-electron chi connectivity index (χ1n) is 9.11. The van der Waals surface area contributed by atoms with Crippen LogP contribution in [0.5, 0.6) is 11.5 Å². The number of aromatic hydroxyl groups is 2. The molecular formula is C21H24N2O4. The molecule has 0 fully saturated rings. The highest BCUT2D eigenvalue weighted by atomic mass is 16.5. The first-order valence-corrected chi connectivity index (χ1v) is 9.11. The smallest absolute Gasteiger partial charge is 0.318 e. The van der Waals surface area contributed by atoms with Crippen molar-refractivity contribution in [3.63, 3.8) is 0 Å². The van der Waals surface area contributed by atoms with Crippen LogP contribution in [0.3, 0.4) is 0 Å². The van der Waals surface area contributed by atoms with Gasteiger partial charge in [0.25, 0.3) is 0 Å². The number of nitrogens with zero attached hydrogens (tertiary/aromatic N) is 1. The molecule has 1 aliphatic heterocycles. The van der Waals surface area contributed by atoms with E-state index in [4.69, 9.17) is 4.74 Å². The second-order valence-electron chi connectivity index (χ2n) is 6.64. The van der Waals surface area contributed by atoms with Crippen LogP contribution in [-0.2, 0) is 9.53 Å². The van der Waals surface area contributed by atoms with E-state index >= 15 is 0 Å². The lowest BCUT2D eigenvalue weighted by Crippen LogP contribution is -2.33. The molecule has 2 aromatic rings. The van der Waals surface area contributed by atoms with Crippen molar-refractivity contribution in [2.75, 3.05) is 13.2 Å². The van der Waals surface area contributed by atoms with Gasteiger partial charge in [-0.15, -0.1) is 0 Å². The lowest BCUT2D eigenvalue weighted by Gasteiger charge is -2.18. The molecule has 6 nitrogen and oxygen atoms in total. The summed E-state index contributed by atoms with van der Waals surface area (Å²) >= 11 is 0. The number of ether oxygens (including phenoxy) is 1. The number of esters is 1. The Labute approximate surface area is 158 Å².